The van der Waals surface area contributed by atoms with E-state index >= 15 is 0 Å². The van der Waals surface area contributed by atoms with Crippen molar-refractivity contribution in [3.05, 3.63) is 34.6 Å². The van der Waals surface area contributed by atoms with Crippen LogP contribution in [0.2, 0.25) is 5.02 Å². The van der Waals surface area contributed by atoms with Crippen molar-refractivity contribution in [2.75, 3.05) is 7.05 Å². The second-order valence-electron chi connectivity index (χ2n) is 3.75. The van der Waals surface area contributed by atoms with E-state index in [2.05, 4.69) is 5.32 Å². The molecule has 76 valence electrons. The summed E-state index contributed by atoms with van der Waals surface area (Å²) in [4.78, 5) is 0. The van der Waals surface area contributed by atoms with Gasteiger partial charge in [0.25, 0.3) is 0 Å². The second-order valence-corrected chi connectivity index (χ2v) is 4.12. The zero-order chi connectivity index (χ0) is 10.1. The molecule has 1 aliphatic rings. The Labute approximate surface area is 88.3 Å². The summed E-state index contributed by atoms with van der Waals surface area (Å²) in [6.07, 6.45) is 2.41. The predicted octanol–water partition coefficient (Wildman–Crippen LogP) is 3.15. The first kappa shape index (κ1) is 9.94. The molecule has 1 saturated carbocycles. The molecule has 0 radical (unpaired) electrons. The van der Waals surface area contributed by atoms with E-state index in [1.54, 1.807) is 6.07 Å². The number of halogens is 2. The van der Waals surface area contributed by atoms with Crippen LogP contribution in [0, 0.1) is 11.7 Å². The van der Waals surface area contributed by atoms with Crippen LogP contribution in [-0.4, -0.2) is 7.05 Å². The first-order valence-electron chi connectivity index (χ1n) is 4.85. The maximum atomic E-state index is 13.2. The first-order valence-corrected chi connectivity index (χ1v) is 5.23. The summed E-state index contributed by atoms with van der Waals surface area (Å²) in [7, 11) is 1.89. The Morgan fingerprint density at radius 1 is 1.50 bits per heavy atom. The average molecular weight is 214 g/mol. The third-order valence-electron chi connectivity index (χ3n) is 2.72. The topological polar surface area (TPSA) is 12.0 Å². The van der Waals surface area contributed by atoms with Crippen molar-refractivity contribution >= 4 is 11.6 Å². The van der Waals surface area contributed by atoms with Crippen molar-refractivity contribution in [1.82, 2.24) is 5.32 Å². The van der Waals surface area contributed by atoms with Gasteiger partial charge in [-0.25, -0.2) is 4.39 Å². The lowest BCUT2D eigenvalue weighted by atomic mass is 10.0. The van der Waals surface area contributed by atoms with Gasteiger partial charge in [0, 0.05) is 6.04 Å². The maximum Gasteiger partial charge on any atom is 0.142 e. The summed E-state index contributed by atoms with van der Waals surface area (Å²) in [6, 6.07) is 5.21. The smallest absolute Gasteiger partial charge is 0.142 e. The van der Waals surface area contributed by atoms with Crippen LogP contribution in [-0.2, 0) is 0 Å². The van der Waals surface area contributed by atoms with Crippen LogP contribution in [0.25, 0.3) is 0 Å². The summed E-state index contributed by atoms with van der Waals surface area (Å²) < 4.78 is 13.2. The van der Waals surface area contributed by atoms with E-state index < -0.39 is 0 Å². The fourth-order valence-electron chi connectivity index (χ4n) is 1.84. The van der Waals surface area contributed by atoms with Crippen molar-refractivity contribution in [2.45, 2.75) is 18.9 Å². The fourth-order valence-corrected chi connectivity index (χ4v) is 2.08. The highest BCUT2D eigenvalue weighted by Gasteiger charge is 2.32. The van der Waals surface area contributed by atoms with Crippen molar-refractivity contribution in [3.63, 3.8) is 0 Å². The van der Waals surface area contributed by atoms with Gasteiger partial charge >= 0.3 is 0 Å². The monoisotopic (exact) mass is 213 g/mol. The second kappa shape index (κ2) is 3.87. The van der Waals surface area contributed by atoms with E-state index in [0.29, 0.717) is 5.92 Å². The quantitative estimate of drug-likeness (QED) is 0.814. The molecular formula is C11H13ClFN. The Morgan fingerprint density at radius 2 is 2.21 bits per heavy atom. The van der Waals surface area contributed by atoms with Gasteiger partial charge in [0.2, 0.25) is 0 Å². The van der Waals surface area contributed by atoms with Gasteiger partial charge in [0.05, 0.1) is 5.02 Å². The van der Waals surface area contributed by atoms with Crippen molar-refractivity contribution in [3.8, 4) is 0 Å². The zero-order valence-corrected chi connectivity index (χ0v) is 8.81. The van der Waals surface area contributed by atoms with E-state index in [1.165, 1.54) is 18.9 Å². The summed E-state index contributed by atoms with van der Waals surface area (Å²) in [5.41, 5.74) is 0.886. The molecular weight excluding hydrogens is 201 g/mol. The zero-order valence-electron chi connectivity index (χ0n) is 8.06. The molecule has 0 aromatic heterocycles. The van der Waals surface area contributed by atoms with E-state index in [0.717, 1.165) is 5.56 Å². The van der Waals surface area contributed by atoms with Gasteiger partial charge in [-0.05, 0) is 37.4 Å². The summed E-state index contributed by atoms with van der Waals surface area (Å²) in [6.45, 7) is 0. The highest BCUT2D eigenvalue weighted by atomic mass is 35.5. The highest BCUT2D eigenvalue weighted by molar-refractivity contribution is 6.31. The third-order valence-corrected chi connectivity index (χ3v) is 3.12. The van der Waals surface area contributed by atoms with Gasteiger partial charge in [0.1, 0.15) is 5.82 Å². The minimum Gasteiger partial charge on any atom is -0.313 e. The number of benzene rings is 1. The lowest BCUT2D eigenvalue weighted by Gasteiger charge is -2.17. The van der Waals surface area contributed by atoms with Gasteiger partial charge in [-0.2, -0.15) is 0 Å². The van der Waals surface area contributed by atoms with Gasteiger partial charge in [-0.3, -0.25) is 0 Å². The molecule has 0 bridgehead atoms. The van der Waals surface area contributed by atoms with Crippen LogP contribution in [0.5, 0.6) is 0 Å². The van der Waals surface area contributed by atoms with Crippen molar-refractivity contribution < 1.29 is 4.39 Å². The van der Waals surface area contributed by atoms with E-state index in [1.807, 2.05) is 13.1 Å². The number of nitrogens with one attached hydrogen (secondary N) is 1. The molecule has 0 saturated heterocycles. The number of hydrogen-bond acceptors (Lipinski definition) is 1. The molecule has 3 heteroatoms. The highest BCUT2D eigenvalue weighted by Crippen LogP contribution is 2.42. The third kappa shape index (κ3) is 1.77. The van der Waals surface area contributed by atoms with E-state index in [-0.39, 0.29) is 16.9 Å². The summed E-state index contributed by atoms with van der Waals surface area (Å²) in [5.74, 6) is 0.296. The van der Waals surface area contributed by atoms with Crippen molar-refractivity contribution in [2.24, 2.45) is 5.92 Å². The standard InChI is InChI=1S/C11H13ClFN/c1-14-11(7-5-6-7)8-3-2-4-9(13)10(8)12/h2-4,7,11,14H,5-6H2,1H3. The lowest BCUT2D eigenvalue weighted by molar-refractivity contribution is 0.523. The average Bonchev–Trinajstić information content (AvgIpc) is 2.97. The predicted molar refractivity (Wildman–Crippen MR) is 55.9 cm³/mol. The molecule has 0 aliphatic heterocycles. The minimum absolute atomic E-state index is 0.207. The number of hydrogen-bond donors (Lipinski definition) is 1. The largest absolute Gasteiger partial charge is 0.313 e. The fraction of sp³-hybridized carbons (Fsp3) is 0.455. The first-order chi connectivity index (χ1) is 6.74. The molecule has 1 unspecified atom stereocenters. The molecule has 1 nitrogen and oxygen atoms in total. The Bertz CT molecular complexity index is 336. The Hall–Kier alpha value is -0.600. The molecule has 1 aliphatic carbocycles. The molecule has 2 rings (SSSR count). The van der Waals surface area contributed by atoms with Crippen LogP contribution in [0.1, 0.15) is 24.4 Å². The molecule has 0 spiro atoms. The van der Waals surface area contributed by atoms with Crippen LogP contribution in [0.4, 0.5) is 4.39 Å². The molecule has 1 aromatic carbocycles. The van der Waals surface area contributed by atoms with Crippen LogP contribution < -0.4 is 5.32 Å². The van der Waals surface area contributed by atoms with Gasteiger partial charge in [-0.15, -0.1) is 0 Å². The molecule has 1 aromatic rings. The van der Waals surface area contributed by atoms with Gasteiger partial charge in [0.15, 0.2) is 0 Å². The molecule has 1 N–H and O–H groups in total. The van der Waals surface area contributed by atoms with Crippen LogP contribution in [0.3, 0.4) is 0 Å². The Balaban J connectivity index is 2.33. The summed E-state index contributed by atoms with van der Waals surface area (Å²) in [5, 5.41) is 3.46. The van der Waals surface area contributed by atoms with E-state index in [9.17, 15) is 4.39 Å². The molecule has 0 heterocycles. The normalized spacial score (nSPS) is 18.2. The lowest BCUT2D eigenvalue weighted by Crippen LogP contribution is -2.18. The minimum atomic E-state index is -0.329. The van der Waals surface area contributed by atoms with Crippen LogP contribution >= 0.6 is 11.6 Å². The SMILES string of the molecule is CNC(c1cccc(F)c1Cl)C1CC1. The molecule has 1 fully saturated rings. The van der Waals surface area contributed by atoms with Crippen LogP contribution in [0.15, 0.2) is 18.2 Å². The van der Waals surface area contributed by atoms with Crippen molar-refractivity contribution in [1.29, 1.82) is 0 Å². The Morgan fingerprint density at radius 3 is 2.79 bits per heavy atom. The number of rotatable bonds is 3. The molecule has 14 heavy (non-hydrogen) atoms. The summed E-state index contributed by atoms with van der Waals surface area (Å²) >= 11 is 5.92. The Kier molecular flexibility index (Phi) is 2.75. The van der Waals surface area contributed by atoms with Gasteiger partial charge < -0.3 is 5.32 Å². The maximum absolute atomic E-state index is 13.2. The molecule has 1 atom stereocenters. The van der Waals surface area contributed by atoms with Gasteiger partial charge in [-0.1, -0.05) is 23.7 Å². The molecule has 0 amide bonds. The van der Waals surface area contributed by atoms with E-state index in [4.69, 9.17) is 11.6 Å².